The first kappa shape index (κ1) is 10.7. The van der Waals surface area contributed by atoms with Crippen molar-refractivity contribution >= 4 is 5.91 Å². The number of nitrogens with one attached hydrogen (secondary N) is 1. The normalized spacial score (nSPS) is 30.5. The zero-order chi connectivity index (χ0) is 11.7. The van der Waals surface area contributed by atoms with Gasteiger partial charge in [0.25, 0.3) is 0 Å². The molecular weight excluding hydrogens is 216 g/mol. The predicted molar refractivity (Wildman–Crippen MR) is 62.4 cm³/mol. The van der Waals surface area contributed by atoms with Gasteiger partial charge in [0.2, 0.25) is 5.91 Å². The van der Waals surface area contributed by atoms with Gasteiger partial charge in [-0.2, -0.15) is 0 Å². The molecular formula is C13H16N2O2. The summed E-state index contributed by atoms with van der Waals surface area (Å²) in [5, 5.41) is 3.07. The van der Waals surface area contributed by atoms with Crippen molar-refractivity contribution in [2.24, 2.45) is 0 Å². The number of amides is 1. The molecule has 0 aromatic carbocycles. The molecule has 0 saturated carbocycles. The average Bonchev–Trinajstić information content (AvgIpc) is 2.92. The Hall–Kier alpha value is -1.42. The van der Waals surface area contributed by atoms with Gasteiger partial charge in [-0.15, -0.1) is 0 Å². The molecule has 17 heavy (non-hydrogen) atoms. The minimum atomic E-state index is 0.0809. The minimum absolute atomic E-state index is 0.0809. The summed E-state index contributed by atoms with van der Waals surface area (Å²) in [5.41, 5.74) is 1.00. The quantitative estimate of drug-likeness (QED) is 0.847. The third-order valence-electron chi connectivity index (χ3n) is 3.57. The van der Waals surface area contributed by atoms with Crippen molar-refractivity contribution < 1.29 is 9.53 Å². The zero-order valence-electron chi connectivity index (χ0n) is 9.63. The third kappa shape index (κ3) is 2.31. The first-order valence-corrected chi connectivity index (χ1v) is 6.15. The maximum absolute atomic E-state index is 11.9. The highest BCUT2D eigenvalue weighted by Crippen LogP contribution is 2.34. The second kappa shape index (κ2) is 4.45. The van der Waals surface area contributed by atoms with Crippen LogP contribution in [0.3, 0.4) is 0 Å². The van der Waals surface area contributed by atoms with E-state index in [1.165, 1.54) is 0 Å². The van der Waals surface area contributed by atoms with E-state index >= 15 is 0 Å². The third-order valence-corrected chi connectivity index (χ3v) is 3.57. The zero-order valence-corrected chi connectivity index (χ0v) is 9.63. The number of carbonyl (C=O) groups excluding carboxylic acids is 1. The number of ether oxygens (including phenoxy) is 1. The van der Waals surface area contributed by atoms with Gasteiger partial charge in [-0.1, -0.05) is 0 Å². The molecule has 2 aliphatic heterocycles. The second-order valence-corrected chi connectivity index (χ2v) is 4.82. The number of nitrogens with zero attached hydrogens (tertiary/aromatic N) is 1. The summed E-state index contributed by atoms with van der Waals surface area (Å²) < 4.78 is 5.71. The van der Waals surface area contributed by atoms with Gasteiger partial charge in [0.1, 0.15) is 0 Å². The molecule has 0 unspecified atom stereocenters. The maximum atomic E-state index is 11.9. The summed E-state index contributed by atoms with van der Waals surface area (Å²) in [6, 6.07) is 3.97. The lowest BCUT2D eigenvalue weighted by Crippen LogP contribution is -2.42. The van der Waals surface area contributed by atoms with E-state index in [4.69, 9.17) is 4.74 Å². The number of rotatable bonds is 3. The molecule has 0 spiro atoms. The first-order chi connectivity index (χ1) is 8.31. The van der Waals surface area contributed by atoms with Gasteiger partial charge in [-0.3, -0.25) is 9.78 Å². The minimum Gasteiger partial charge on any atom is -0.373 e. The maximum Gasteiger partial charge on any atom is 0.224 e. The number of pyridine rings is 1. The largest absolute Gasteiger partial charge is 0.373 e. The monoisotopic (exact) mass is 232 g/mol. The van der Waals surface area contributed by atoms with E-state index in [0.717, 1.165) is 24.8 Å². The van der Waals surface area contributed by atoms with E-state index in [2.05, 4.69) is 10.3 Å². The Kier molecular flexibility index (Phi) is 2.81. The number of fused-ring (bicyclic) bond motifs is 2. The van der Waals surface area contributed by atoms with Gasteiger partial charge in [0.15, 0.2) is 0 Å². The van der Waals surface area contributed by atoms with Gasteiger partial charge >= 0.3 is 0 Å². The van der Waals surface area contributed by atoms with Gasteiger partial charge < -0.3 is 10.1 Å². The molecule has 0 aliphatic carbocycles. The van der Waals surface area contributed by atoms with Crippen LogP contribution in [-0.4, -0.2) is 29.1 Å². The van der Waals surface area contributed by atoms with Crippen LogP contribution < -0.4 is 5.32 Å². The lowest BCUT2D eigenvalue weighted by molar-refractivity contribution is -0.121. The molecule has 2 bridgehead atoms. The standard InChI is InChI=1S/C13H16N2O2/c16-13(7-9-3-5-14-6-4-9)15-11-8-10-1-2-12(11)17-10/h3-6,10-12H,1-2,7-8H2,(H,15,16)/t10-,11+,12+/m0/s1. The number of aromatic nitrogens is 1. The molecule has 3 heterocycles. The average molecular weight is 232 g/mol. The number of hydrogen-bond donors (Lipinski definition) is 1. The summed E-state index contributed by atoms with van der Waals surface area (Å²) in [7, 11) is 0. The molecule has 4 nitrogen and oxygen atoms in total. The van der Waals surface area contributed by atoms with E-state index in [-0.39, 0.29) is 18.1 Å². The molecule has 4 heteroatoms. The molecule has 1 N–H and O–H groups in total. The summed E-state index contributed by atoms with van der Waals surface area (Å²) in [6.45, 7) is 0. The molecule has 1 amide bonds. The van der Waals surface area contributed by atoms with Crippen LogP contribution in [0.4, 0.5) is 0 Å². The number of hydrogen-bond acceptors (Lipinski definition) is 3. The van der Waals surface area contributed by atoms with Crippen LogP contribution in [0, 0.1) is 0 Å². The van der Waals surface area contributed by atoms with Crippen LogP contribution in [0.1, 0.15) is 24.8 Å². The summed E-state index contributed by atoms with van der Waals surface area (Å²) in [5.74, 6) is 0.0809. The van der Waals surface area contributed by atoms with Crippen LogP contribution in [0.2, 0.25) is 0 Å². The molecule has 0 radical (unpaired) electrons. The molecule has 90 valence electrons. The smallest absolute Gasteiger partial charge is 0.224 e. The molecule has 2 fully saturated rings. The predicted octanol–water partition coefficient (Wildman–Crippen LogP) is 1.06. The van der Waals surface area contributed by atoms with Crippen LogP contribution in [-0.2, 0) is 16.0 Å². The van der Waals surface area contributed by atoms with Crippen molar-refractivity contribution in [1.82, 2.24) is 10.3 Å². The van der Waals surface area contributed by atoms with E-state index in [1.54, 1.807) is 12.4 Å². The van der Waals surface area contributed by atoms with Crippen LogP contribution in [0.25, 0.3) is 0 Å². The Morgan fingerprint density at radius 2 is 2.24 bits per heavy atom. The molecule has 1 aromatic heterocycles. The van der Waals surface area contributed by atoms with E-state index in [9.17, 15) is 4.79 Å². The molecule has 2 saturated heterocycles. The summed E-state index contributed by atoms with van der Waals surface area (Å²) in [6.07, 6.45) is 7.70. The molecule has 2 aliphatic rings. The highest BCUT2D eigenvalue weighted by molar-refractivity contribution is 5.78. The van der Waals surface area contributed by atoms with Crippen LogP contribution in [0.5, 0.6) is 0 Å². The first-order valence-electron chi connectivity index (χ1n) is 6.15. The highest BCUT2D eigenvalue weighted by atomic mass is 16.5. The Morgan fingerprint density at radius 1 is 1.41 bits per heavy atom. The molecule has 1 aromatic rings. The Labute approximate surface area is 100 Å². The summed E-state index contributed by atoms with van der Waals surface area (Å²) in [4.78, 5) is 15.8. The summed E-state index contributed by atoms with van der Waals surface area (Å²) >= 11 is 0. The number of carbonyl (C=O) groups is 1. The van der Waals surface area contributed by atoms with Crippen molar-refractivity contribution in [3.63, 3.8) is 0 Å². The fraction of sp³-hybridized carbons (Fsp3) is 0.538. The van der Waals surface area contributed by atoms with Crippen LogP contribution >= 0.6 is 0 Å². The lowest BCUT2D eigenvalue weighted by Gasteiger charge is -2.19. The molecule has 3 atom stereocenters. The van der Waals surface area contributed by atoms with Crippen molar-refractivity contribution in [2.75, 3.05) is 0 Å². The SMILES string of the molecule is O=C(Cc1ccncc1)N[C@@H]1C[C@@H]2CC[C@H]1O2. The van der Waals surface area contributed by atoms with Crippen molar-refractivity contribution in [3.8, 4) is 0 Å². The lowest BCUT2D eigenvalue weighted by atomic mass is 9.95. The van der Waals surface area contributed by atoms with Crippen molar-refractivity contribution in [2.45, 2.75) is 43.9 Å². The van der Waals surface area contributed by atoms with Gasteiger partial charge in [-0.25, -0.2) is 0 Å². The Balaban J connectivity index is 1.54. The Morgan fingerprint density at radius 3 is 2.88 bits per heavy atom. The van der Waals surface area contributed by atoms with Gasteiger partial charge in [0.05, 0.1) is 24.7 Å². The second-order valence-electron chi connectivity index (χ2n) is 4.82. The molecule has 3 rings (SSSR count). The van der Waals surface area contributed by atoms with Crippen molar-refractivity contribution in [3.05, 3.63) is 30.1 Å². The van der Waals surface area contributed by atoms with E-state index in [0.29, 0.717) is 12.5 Å². The fourth-order valence-corrected chi connectivity index (χ4v) is 2.73. The van der Waals surface area contributed by atoms with Gasteiger partial charge in [0, 0.05) is 12.4 Å². The van der Waals surface area contributed by atoms with Crippen molar-refractivity contribution in [1.29, 1.82) is 0 Å². The van der Waals surface area contributed by atoms with E-state index in [1.807, 2.05) is 12.1 Å². The Bertz CT molecular complexity index is 407. The van der Waals surface area contributed by atoms with Crippen LogP contribution in [0.15, 0.2) is 24.5 Å². The highest BCUT2D eigenvalue weighted by Gasteiger charge is 2.41. The fourth-order valence-electron chi connectivity index (χ4n) is 2.73. The topological polar surface area (TPSA) is 51.2 Å². The van der Waals surface area contributed by atoms with Gasteiger partial charge in [-0.05, 0) is 37.0 Å². The van der Waals surface area contributed by atoms with E-state index < -0.39 is 0 Å².